The van der Waals surface area contributed by atoms with Crippen molar-refractivity contribution in [2.45, 2.75) is 12.1 Å². The number of cyclic esters (lactones) is 1. The number of nitrogens with one attached hydrogen (secondary N) is 1. The van der Waals surface area contributed by atoms with Gasteiger partial charge in [0.15, 0.2) is 0 Å². The van der Waals surface area contributed by atoms with Gasteiger partial charge in [0.25, 0.3) is 0 Å². The van der Waals surface area contributed by atoms with Crippen LogP contribution in [0.3, 0.4) is 0 Å². The highest BCUT2D eigenvalue weighted by Crippen LogP contribution is 2.26. The Morgan fingerprint density at radius 3 is 2.59 bits per heavy atom. The van der Waals surface area contributed by atoms with Gasteiger partial charge in [-0.1, -0.05) is 12.1 Å². The van der Waals surface area contributed by atoms with Crippen molar-refractivity contribution in [1.82, 2.24) is 5.32 Å². The summed E-state index contributed by atoms with van der Waals surface area (Å²) in [5.74, 6) is -0.518. The number of ether oxygens (including phenoxy) is 2. The molecule has 0 radical (unpaired) electrons. The number of hydrogen-bond donors (Lipinski definition) is 2. The summed E-state index contributed by atoms with van der Waals surface area (Å²) in [6, 6.07) is 6.09. The van der Waals surface area contributed by atoms with Gasteiger partial charge in [-0.2, -0.15) is 0 Å². The molecule has 1 fully saturated rings. The lowest BCUT2D eigenvalue weighted by atomic mass is 10.0. The van der Waals surface area contributed by atoms with Gasteiger partial charge >= 0.3 is 12.1 Å². The summed E-state index contributed by atoms with van der Waals surface area (Å²) in [5, 5.41) is 11.4. The fourth-order valence-corrected chi connectivity index (χ4v) is 1.68. The van der Waals surface area contributed by atoms with Crippen molar-refractivity contribution in [3.63, 3.8) is 0 Å². The van der Waals surface area contributed by atoms with E-state index in [-0.39, 0.29) is 0 Å². The molecule has 0 aliphatic carbocycles. The lowest BCUT2D eigenvalue weighted by Crippen LogP contribution is -2.28. The van der Waals surface area contributed by atoms with E-state index in [9.17, 15) is 9.59 Å². The van der Waals surface area contributed by atoms with E-state index in [1.54, 1.807) is 24.3 Å². The first-order valence-corrected chi connectivity index (χ1v) is 4.95. The number of rotatable bonds is 3. The maximum atomic E-state index is 11.0. The molecular weight excluding hydrogens is 226 g/mol. The molecule has 6 nitrogen and oxygen atoms in total. The Morgan fingerprint density at radius 1 is 1.41 bits per heavy atom. The molecular formula is C11H11NO5. The highest BCUT2D eigenvalue weighted by atomic mass is 16.6. The molecule has 90 valence electrons. The van der Waals surface area contributed by atoms with Crippen molar-refractivity contribution < 1.29 is 24.2 Å². The van der Waals surface area contributed by atoms with Crippen LogP contribution >= 0.6 is 0 Å². The lowest BCUT2D eigenvalue weighted by molar-refractivity contribution is -0.146. The van der Waals surface area contributed by atoms with E-state index < -0.39 is 24.2 Å². The molecule has 6 heteroatoms. The van der Waals surface area contributed by atoms with E-state index in [0.717, 1.165) is 0 Å². The Morgan fingerprint density at radius 2 is 2.06 bits per heavy atom. The fraction of sp³-hybridized carbons (Fsp3) is 0.273. The Balaban J connectivity index is 2.25. The SMILES string of the molecule is COc1ccc([C@H]2NC(=O)O[C@@H]2C(=O)O)cc1. The quantitative estimate of drug-likeness (QED) is 0.816. The summed E-state index contributed by atoms with van der Waals surface area (Å²) < 4.78 is 9.66. The standard InChI is InChI=1S/C11H11NO5/c1-16-7-4-2-6(3-5-7)8-9(10(13)14)17-11(15)12-8/h2-5,8-9H,1H3,(H,12,15)(H,13,14)/t8-,9+/m1/s1. The summed E-state index contributed by atoms with van der Waals surface area (Å²) in [5.41, 5.74) is 0.657. The predicted molar refractivity (Wildman–Crippen MR) is 56.8 cm³/mol. The van der Waals surface area contributed by atoms with Crippen molar-refractivity contribution in [2.24, 2.45) is 0 Å². The van der Waals surface area contributed by atoms with E-state index >= 15 is 0 Å². The third kappa shape index (κ3) is 2.15. The smallest absolute Gasteiger partial charge is 0.408 e. The van der Waals surface area contributed by atoms with Crippen molar-refractivity contribution in [3.05, 3.63) is 29.8 Å². The van der Waals surface area contributed by atoms with Crippen LogP contribution in [0.1, 0.15) is 11.6 Å². The third-order valence-corrected chi connectivity index (χ3v) is 2.53. The molecule has 1 saturated heterocycles. The number of benzene rings is 1. The number of carboxylic acids is 1. The first-order valence-electron chi connectivity index (χ1n) is 4.95. The average molecular weight is 237 g/mol. The second-order valence-corrected chi connectivity index (χ2v) is 3.56. The van der Waals surface area contributed by atoms with Gasteiger partial charge in [-0.05, 0) is 17.7 Å². The predicted octanol–water partition coefficient (Wildman–Crippen LogP) is 0.929. The number of amides is 1. The molecule has 0 spiro atoms. The number of alkyl carbamates (subject to hydrolysis) is 1. The van der Waals surface area contributed by atoms with E-state index in [1.165, 1.54) is 7.11 Å². The number of methoxy groups -OCH3 is 1. The average Bonchev–Trinajstić information content (AvgIpc) is 2.72. The summed E-state index contributed by atoms with van der Waals surface area (Å²) in [4.78, 5) is 22.0. The highest BCUT2D eigenvalue weighted by Gasteiger charge is 2.40. The monoisotopic (exact) mass is 237 g/mol. The van der Waals surface area contributed by atoms with Crippen molar-refractivity contribution in [1.29, 1.82) is 0 Å². The zero-order valence-electron chi connectivity index (χ0n) is 9.04. The molecule has 2 rings (SSSR count). The first-order chi connectivity index (χ1) is 8.11. The van der Waals surface area contributed by atoms with Gasteiger partial charge in [-0.25, -0.2) is 9.59 Å². The van der Waals surface area contributed by atoms with E-state index in [2.05, 4.69) is 10.1 Å². The van der Waals surface area contributed by atoms with Gasteiger partial charge in [-0.3, -0.25) is 0 Å². The molecule has 1 aromatic carbocycles. The van der Waals surface area contributed by atoms with Gasteiger partial charge in [0.2, 0.25) is 6.10 Å². The fourth-order valence-electron chi connectivity index (χ4n) is 1.68. The van der Waals surface area contributed by atoms with Gasteiger partial charge in [0.1, 0.15) is 11.8 Å². The molecule has 2 atom stereocenters. The second kappa shape index (κ2) is 4.32. The highest BCUT2D eigenvalue weighted by molar-refractivity contribution is 5.82. The molecule has 1 heterocycles. The van der Waals surface area contributed by atoms with Gasteiger partial charge < -0.3 is 19.9 Å². The van der Waals surface area contributed by atoms with E-state index in [1.807, 2.05) is 0 Å². The number of carbonyl (C=O) groups excluding carboxylic acids is 1. The Kier molecular flexibility index (Phi) is 2.86. The summed E-state index contributed by atoms with van der Waals surface area (Å²) in [6.07, 6.45) is -1.92. The minimum absolute atomic E-state index is 0.657. The van der Waals surface area contributed by atoms with Crippen molar-refractivity contribution in [3.8, 4) is 5.75 Å². The van der Waals surface area contributed by atoms with Crippen LogP contribution in [0.25, 0.3) is 0 Å². The van der Waals surface area contributed by atoms with Crippen molar-refractivity contribution in [2.75, 3.05) is 7.11 Å². The van der Waals surface area contributed by atoms with Crippen LogP contribution in [0.2, 0.25) is 0 Å². The minimum Gasteiger partial charge on any atom is -0.497 e. The molecule has 1 aliphatic heterocycles. The Bertz CT molecular complexity index is 442. The lowest BCUT2D eigenvalue weighted by Gasteiger charge is -2.13. The van der Waals surface area contributed by atoms with Crippen molar-refractivity contribution >= 4 is 12.1 Å². The third-order valence-electron chi connectivity index (χ3n) is 2.53. The summed E-state index contributed by atoms with van der Waals surface area (Å²) >= 11 is 0. The van der Waals surface area contributed by atoms with E-state index in [0.29, 0.717) is 11.3 Å². The molecule has 2 N–H and O–H groups in total. The topological polar surface area (TPSA) is 84.9 Å². The number of aliphatic carboxylic acids is 1. The largest absolute Gasteiger partial charge is 0.497 e. The number of hydrogen-bond acceptors (Lipinski definition) is 4. The van der Waals surface area contributed by atoms with Crippen LogP contribution in [0, 0.1) is 0 Å². The minimum atomic E-state index is -1.20. The Labute approximate surface area is 97.1 Å². The van der Waals surface area contributed by atoms with Gasteiger partial charge in [0, 0.05) is 0 Å². The normalized spacial score (nSPS) is 22.8. The summed E-state index contributed by atoms with van der Waals surface area (Å²) in [7, 11) is 1.54. The molecule has 0 aromatic heterocycles. The Hall–Kier alpha value is -2.24. The molecule has 1 aromatic rings. The van der Waals surface area contributed by atoms with Crippen LogP contribution < -0.4 is 10.1 Å². The number of carboxylic acid groups (broad SMARTS) is 1. The zero-order valence-corrected chi connectivity index (χ0v) is 9.04. The summed E-state index contributed by atoms with van der Waals surface area (Å²) in [6.45, 7) is 0. The molecule has 0 bridgehead atoms. The first kappa shape index (κ1) is 11.3. The number of carbonyl (C=O) groups is 2. The zero-order chi connectivity index (χ0) is 12.4. The van der Waals surface area contributed by atoms with Gasteiger partial charge in [-0.15, -0.1) is 0 Å². The molecule has 17 heavy (non-hydrogen) atoms. The maximum absolute atomic E-state index is 11.0. The van der Waals surface area contributed by atoms with Crippen LogP contribution in [-0.4, -0.2) is 30.4 Å². The van der Waals surface area contributed by atoms with Crippen LogP contribution in [0.4, 0.5) is 4.79 Å². The van der Waals surface area contributed by atoms with Crippen LogP contribution in [-0.2, 0) is 9.53 Å². The second-order valence-electron chi connectivity index (χ2n) is 3.56. The molecule has 1 aliphatic rings. The maximum Gasteiger partial charge on any atom is 0.408 e. The molecule has 1 amide bonds. The van der Waals surface area contributed by atoms with Crippen LogP contribution in [0.15, 0.2) is 24.3 Å². The molecule has 0 unspecified atom stereocenters. The van der Waals surface area contributed by atoms with E-state index in [4.69, 9.17) is 9.84 Å². The van der Waals surface area contributed by atoms with Gasteiger partial charge in [0.05, 0.1) is 7.11 Å². The molecule has 0 saturated carbocycles. The van der Waals surface area contributed by atoms with Crippen LogP contribution in [0.5, 0.6) is 5.75 Å².